The molecule has 2 N–H and O–H groups in total. The van der Waals surface area contributed by atoms with Crippen LogP contribution in [0.15, 0.2) is 34.4 Å². The van der Waals surface area contributed by atoms with Crippen LogP contribution in [0.4, 0.5) is 0 Å². The van der Waals surface area contributed by atoms with E-state index in [2.05, 4.69) is 17.0 Å². The predicted molar refractivity (Wildman–Crippen MR) is 78.3 cm³/mol. The lowest BCUT2D eigenvalue weighted by Gasteiger charge is -2.10. The number of aryl methyl sites for hydroxylation is 2. The first-order valence-corrected chi connectivity index (χ1v) is 7.29. The van der Waals surface area contributed by atoms with Crippen LogP contribution in [0.2, 0.25) is 0 Å². The molecular weight excluding hydrogens is 256 g/mol. The molecule has 2 aromatic heterocycles. The second-order valence-electron chi connectivity index (χ2n) is 4.65. The van der Waals surface area contributed by atoms with E-state index in [9.17, 15) is 0 Å². The van der Waals surface area contributed by atoms with Crippen LogP contribution in [0, 0.1) is 6.92 Å². The Labute approximate surface area is 118 Å². The number of aromatic nitrogens is 3. The molecule has 1 atom stereocenters. The molecule has 0 spiro atoms. The van der Waals surface area contributed by atoms with Gasteiger partial charge in [0.05, 0.1) is 5.69 Å². The van der Waals surface area contributed by atoms with Gasteiger partial charge in [-0.2, -0.15) is 5.10 Å². The molecule has 1 unspecified atom stereocenters. The molecule has 0 bridgehead atoms. The van der Waals surface area contributed by atoms with Gasteiger partial charge >= 0.3 is 0 Å². The molecule has 0 aromatic carbocycles. The van der Waals surface area contributed by atoms with Gasteiger partial charge < -0.3 is 5.73 Å². The van der Waals surface area contributed by atoms with Gasteiger partial charge in [-0.05, 0) is 31.9 Å². The van der Waals surface area contributed by atoms with E-state index >= 15 is 0 Å². The summed E-state index contributed by atoms with van der Waals surface area (Å²) in [6, 6.07) is 4.22. The standard InChI is InChI=1S/C14H20N4S/c1-4-11(15)9-13-10(2)17-18(3)14(13)19-12-5-7-16-8-6-12/h5-8,11H,4,9,15H2,1-3H3. The van der Waals surface area contributed by atoms with Gasteiger partial charge in [-0.3, -0.25) is 9.67 Å². The Morgan fingerprint density at radius 3 is 2.68 bits per heavy atom. The van der Waals surface area contributed by atoms with Gasteiger partial charge in [-0.25, -0.2) is 0 Å². The van der Waals surface area contributed by atoms with E-state index in [0.717, 1.165) is 18.5 Å². The van der Waals surface area contributed by atoms with Crippen molar-refractivity contribution in [2.24, 2.45) is 12.8 Å². The van der Waals surface area contributed by atoms with Crippen LogP contribution in [0.3, 0.4) is 0 Å². The molecule has 0 aliphatic rings. The van der Waals surface area contributed by atoms with Crippen molar-refractivity contribution in [2.75, 3.05) is 0 Å². The maximum atomic E-state index is 6.09. The molecule has 5 heteroatoms. The zero-order valence-corrected chi connectivity index (χ0v) is 12.4. The molecule has 0 fully saturated rings. The van der Waals surface area contributed by atoms with Crippen molar-refractivity contribution in [3.05, 3.63) is 35.8 Å². The minimum atomic E-state index is 0.194. The highest BCUT2D eigenvalue weighted by atomic mass is 32.2. The zero-order valence-electron chi connectivity index (χ0n) is 11.6. The van der Waals surface area contributed by atoms with Crippen molar-refractivity contribution in [3.8, 4) is 0 Å². The number of hydrogen-bond donors (Lipinski definition) is 1. The summed E-state index contributed by atoms with van der Waals surface area (Å²) in [5.41, 5.74) is 8.42. The molecule has 19 heavy (non-hydrogen) atoms. The van der Waals surface area contributed by atoms with Crippen LogP contribution in [0.5, 0.6) is 0 Å². The molecule has 102 valence electrons. The van der Waals surface area contributed by atoms with Gasteiger partial charge in [0.25, 0.3) is 0 Å². The molecular formula is C14H20N4S. The van der Waals surface area contributed by atoms with Crippen LogP contribution < -0.4 is 5.73 Å². The zero-order chi connectivity index (χ0) is 13.8. The molecule has 0 saturated heterocycles. The summed E-state index contributed by atoms with van der Waals surface area (Å²) < 4.78 is 1.94. The number of rotatable bonds is 5. The van der Waals surface area contributed by atoms with Crippen molar-refractivity contribution in [1.29, 1.82) is 0 Å². The van der Waals surface area contributed by atoms with Crippen molar-refractivity contribution in [1.82, 2.24) is 14.8 Å². The minimum Gasteiger partial charge on any atom is -0.327 e. The third kappa shape index (κ3) is 3.36. The highest BCUT2D eigenvalue weighted by Gasteiger charge is 2.16. The Hall–Kier alpha value is -1.33. The Morgan fingerprint density at radius 1 is 1.37 bits per heavy atom. The van der Waals surface area contributed by atoms with Crippen molar-refractivity contribution >= 4 is 11.8 Å². The molecule has 4 nitrogen and oxygen atoms in total. The van der Waals surface area contributed by atoms with E-state index in [0.29, 0.717) is 0 Å². The van der Waals surface area contributed by atoms with E-state index in [1.165, 1.54) is 15.5 Å². The van der Waals surface area contributed by atoms with Gasteiger partial charge in [0, 0.05) is 35.9 Å². The largest absolute Gasteiger partial charge is 0.327 e. The lowest BCUT2D eigenvalue weighted by molar-refractivity contribution is 0.631. The summed E-state index contributed by atoms with van der Waals surface area (Å²) in [5.74, 6) is 0. The number of hydrogen-bond acceptors (Lipinski definition) is 4. The monoisotopic (exact) mass is 276 g/mol. The van der Waals surface area contributed by atoms with Crippen molar-refractivity contribution in [2.45, 2.75) is 42.7 Å². The quantitative estimate of drug-likeness (QED) is 0.912. The SMILES string of the molecule is CCC(N)Cc1c(C)nn(C)c1Sc1ccncc1. The second kappa shape index (κ2) is 6.21. The fourth-order valence-corrected chi connectivity index (χ4v) is 2.98. The van der Waals surface area contributed by atoms with Gasteiger partial charge in [0.2, 0.25) is 0 Å². The van der Waals surface area contributed by atoms with E-state index in [1.54, 1.807) is 11.8 Å². The van der Waals surface area contributed by atoms with Gasteiger partial charge in [-0.15, -0.1) is 0 Å². The summed E-state index contributed by atoms with van der Waals surface area (Å²) in [6.07, 6.45) is 5.48. The maximum Gasteiger partial charge on any atom is 0.102 e. The highest BCUT2D eigenvalue weighted by molar-refractivity contribution is 7.99. The minimum absolute atomic E-state index is 0.194. The maximum absolute atomic E-state index is 6.09. The lowest BCUT2D eigenvalue weighted by Crippen LogP contribution is -2.21. The third-order valence-electron chi connectivity index (χ3n) is 3.14. The Morgan fingerprint density at radius 2 is 2.05 bits per heavy atom. The first-order chi connectivity index (χ1) is 9.11. The Balaban J connectivity index is 2.28. The molecule has 2 aromatic rings. The van der Waals surface area contributed by atoms with E-state index < -0.39 is 0 Å². The molecule has 2 heterocycles. The fraction of sp³-hybridized carbons (Fsp3) is 0.429. The van der Waals surface area contributed by atoms with Crippen LogP contribution >= 0.6 is 11.8 Å². The molecule has 0 radical (unpaired) electrons. The van der Waals surface area contributed by atoms with E-state index in [4.69, 9.17) is 5.73 Å². The number of pyridine rings is 1. The Bertz CT molecular complexity index is 536. The fourth-order valence-electron chi connectivity index (χ4n) is 1.97. The smallest absolute Gasteiger partial charge is 0.102 e. The summed E-state index contributed by atoms with van der Waals surface area (Å²) in [4.78, 5) is 5.21. The topological polar surface area (TPSA) is 56.7 Å². The number of nitrogens with two attached hydrogens (primary N) is 1. The van der Waals surface area contributed by atoms with Crippen LogP contribution in [0.25, 0.3) is 0 Å². The van der Waals surface area contributed by atoms with E-state index in [1.807, 2.05) is 43.2 Å². The summed E-state index contributed by atoms with van der Waals surface area (Å²) >= 11 is 1.72. The first kappa shape index (κ1) is 14.1. The molecule has 0 saturated carbocycles. The van der Waals surface area contributed by atoms with E-state index in [-0.39, 0.29) is 6.04 Å². The highest BCUT2D eigenvalue weighted by Crippen LogP contribution is 2.31. The molecule has 0 aliphatic heterocycles. The van der Waals surface area contributed by atoms with Gasteiger partial charge in [0.1, 0.15) is 5.03 Å². The average Bonchev–Trinajstić information content (AvgIpc) is 2.67. The second-order valence-corrected chi connectivity index (χ2v) is 5.71. The first-order valence-electron chi connectivity index (χ1n) is 6.47. The van der Waals surface area contributed by atoms with Crippen molar-refractivity contribution in [3.63, 3.8) is 0 Å². The molecule has 2 rings (SSSR count). The lowest BCUT2D eigenvalue weighted by atomic mass is 10.1. The van der Waals surface area contributed by atoms with Gasteiger partial charge in [-0.1, -0.05) is 18.7 Å². The summed E-state index contributed by atoms with van der Waals surface area (Å²) in [7, 11) is 1.98. The summed E-state index contributed by atoms with van der Waals surface area (Å²) in [6.45, 7) is 4.17. The van der Waals surface area contributed by atoms with Crippen LogP contribution in [-0.2, 0) is 13.5 Å². The Kier molecular flexibility index (Phi) is 4.61. The van der Waals surface area contributed by atoms with Crippen LogP contribution in [0.1, 0.15) is 24.6 Å². The van der Waals surface area contributed by atoms with Crippen molar-refractivity contribution < 1.29 is 0 Å². The number of nitrogens with zero attached hydrogens (tertiary/aromatic N) is 3. The molecule has 0 aliphatic carbocycles. The van der Waals surface area contributed by atoms with Gasteiger partial charge in [0.15, 0.2) is 0 Å². The summed E-state index contributed by atoms with van der Waals surface area (Å²) in [5, 5.41) is 5.69. The van der Waals surface area contributed by atoms with Crippen LogP contribution in [-0.4, -0.2) is 20.8 Å². The normalized spacial score (nSPS) is 12.6. The average molecular weight is 276 g/mol. The molecule has 0 amide bonds. The predicted octanol–water partition coefficient (Wildman–Crippen LogP) is 2.55. The third-order valence-corrected chi connectivity index (χ3v) is 4.36.